The van der Waals surface area contributed by atoms with Gasteiger partial charge in [0.15, 0.2) is 0 Å². The third-order valence-electron chi connectivity index (χ3n) is 11.1. The van der Waals surface area contributed by atoms with Crippen LogP contribution < -0.4 is 0 Å². The van der Waals surface area contributed by atoms with Gasteiger partial charge in [-0.25, -0.2) is 0 Å². The van der Waals surface area contributed by atoms with E-state index in [0.29, 0.717) is 11.1 Å². The Balaban J connectivity index is 1.11. The second kappa shape index (κ2) is 11.8. The molecular formula is C50H29N5. The highest BCUT2D eigenvalue weighted by molar-refractivity contribution is 6.13. The van der Waals surface area contributed by atoms with Gasteiger partial charge in [-0.05, 0) is 84.4 Å². The smallest absolute Gasteiger partial charge is 0.0998 e. The molecule has 0 radical (unpaired) electrons. The zero-order valence-corrected chi connectivity index (χ0v) is 29.5. The van der Waals surface area contributed by atoms with Crippen LogP contribution in [-0.2, 0) is 0 Å². The highest BCUT2D eigenvalue weighted by atomic mass is 15.0. The standard InChI is InChI=1S/C50H29N5/c51-30-32-20-26-41-39-13-3-5-15-43(39)53(49(41)28-32)35-23-21-33(22-24-35)50-34(31-52)10-9-19-48(50)55-46-18-8-4-14-40(46)42-29-36(25-27-47(42)55)54-44-16-6-1-11-37(44)38-12-2-7-17-45(38)54/h1-29H. The zero-order chi connectivity index (χ0) is 36.6. The summed E-state index contributed by atoms with van der Waals surface area (Å²) in [6.07, 6.45) is 0. The van der Waals surface area contributed by atoms with Crippen molar-refractivity contribution < 1.29 is 0 Å². The van der Waals surface area contributed by atoms with Crippen molar-refractivity contribution in [2.75, 3.05) is 0 Å². The van der Waals surface area contributed by atoms with E-state index < -0.39 is 0 Å². The first-order valence-electron chi connectivity index (χ1n) is 18.3. The second-order valence-electron chi connectivity index (χ2n) is 14.0. The lowest BCUT2D eigenvalue weighted by atomic mass is 9.97. The Bertz CT molecular complexity index is 3400. The molecule has 254 valence electrons. The Morgan fingerprint density at radius 2 is 0.855 bits per heavy atom. The maximum absolute atomic E-state index is 10.5. The van der Waals surface area contributed by atoms with Crippen LogP contribution in [0.2, 0.25) is 0 Å². The normalized spacial score (nSPS) is 11.6. The van der Waals surface area contributed by atoms with Crippen LogP contribution in [0.15, 0.2) is 176 Å². The highest BCUT2D eigenvalue weighted by Crippen LogP contribution is 2.41. The number of nitriles is 2. The number of nitrogens with zero attached hydrogens (tertiary/aromatic N) is 5. The molecule has 0 bridgehead atoms. The second-order valence-corrected chi connectivity index (χ2v) is 14.0. The van der Waals surface area contributed by atoms with Crippen molar-refractivity contribution in [3.63, 3.8) is 0 Å². The van der Waals surface area contributed by atoms with Crippen molar-refractivity contribution in [2.24, 2.45) is 0 Å². The Labute approximate surface area is 316 Å². The molecule has 0 saturated heterocycles. The molecule has 0 N–H and O–H groups in total. The highest BCUT2D eigenvalue weighted by Gasteiger charge is 2.20. The minimum Gasteiger partial charge on any atom is -0.309 e. The lowest BCUT2D eigenvalue weighted by Crippen LogP contribution is -2.00. The van der Waals surface area contributed by atoms with Gasteiger partial charge in [0.1, 0.15) is 0 Å². The van der Waals surface area contributed by atoms with Gasteiger partial charge in [-0.1, -0.05) is 97.1 Å². The van der Waals surface area contributed by atoms with Crippen molar-refractivity contribution in [2.45, 2.75) is 0 Å². The molecular weight excluding hydrogens is 671 g/mol. The van der Waals surface area contributed by atoms with Gasteiger partial charge in [0.25, 0.3) is 0 Å². The summed E-state index contributed by atoms with van der Waals surface area (Å²) in [4.78, 5) is 0. The molecule has 0 saturated carbocycles. The molecule has 0 unspecified atom stereocenters. The van der Waals surface area contributed by atoms with Crippen LogP contribution in [0.5, 0.6) is 0 Å². The van der Waals surface area contributed by atoms with E-state index in [1.54, 1.807) is 0 Å². The number of hydrogen-bond donors (Lipinski definition) is 0. The lowest BCUT2D eigenvalue weighted by Gasteiger charge is -2.16. The fraction of sp³-hybridized carbons (Fsp3) is 0. The van der Waals surface area contributed by atoms with E-state index in [2.05, 4.69) is 159 Å². The topological polar surface area (TPSA) is 62.4 Å². The molecule has 3 aromatic heterocycles. The third kappa shape index (κ3) is 4.45. The number of benzene rings is 8. The monoisotopic (exact) mass is 699 g/mol. The minimum absolute atomic E-state index is 0.605. The molecule has 0 aliphatic rings. The van der Waals surface area contributed by atoms with Crippen molar-refractivity contribution in [3.05, 3.63) is 187 Å². The Morgan fingerprint density at radius 1 is 0.345 bits per heavy atom. The quantitative estimate of drug-likeness (QED) is 0.184. The maximum atomic E-state index is 10.5. The fourth-order valence-electron chi connectivity index (χ4n) is 8.78. The molecule has 5 nitrogen and oxygen atoms in total. The number of para-hydroxylation sites is 4. The Morgan fingerprint density at radius 3 is 1.45 bits per heavy atom. The van der Waals surface area contributed by atoms with Gasteiger partial charge in [-0.15, -0.1) is 0 Å². The Hall–Kier alpha value is -7.86. The summed E-state index contributed by atoms with van der Waals surface area (Å²) >= 11 is 0. The predicted molar refractivity (Wildman–Crippen MR) is 224 cm³/mol. The molecule has 11 aromatic rings. The summed E-state index contributed by atoms with van der Waals surface area (Å²) in [5.74, 6) is 0. The molecule has 8 aromatic carbocycles. The van der Waals surface area contributed by atoms with Crippen molar-refractivity contribution >= 4 is 65.4 Å². The minimum atomic E-state index is 0.605. The number of aromatic nitrogens is 3. The van der Waals surface area contributed by atoms with E-state index in [0.717, 1.165) is 71.8 Å². The first kappa shape index (κ1) is 30.7. The van der Waals surface area contributed by atoms with E-state index in [1.807, 2.05) is 42.5 Å². The summed E-state index contributed by atoms with van der Waals surface area (Å²) < 4.78 is 6.88. The first-order chi connectivity index (χ1) is 27.2. The molecule has 0 fully saturated rings. The van der Waals surface area contributed by atoms with E-state index >= 15 is 0 Å². The van der Waals surface area contributed by atoms with E-state index in [4.69, 9.17) is 0 Å². The molecule has 0 aliphatic carbocycles. The molecule has 3 heterocycles. The average molecular weight is 700 g/mol. The van der Waals surface area contributed by atoms with Crippen LogP contribution in [0.25, 0.3) is 93.6 Å². The summed E-state index contributed by atoms with van der Waals surface area (Å²) in [5, 5.41) is 27.3. The van der Waals surface area contributed by atoms with Crippen LogP contribution in [0, 0.1) is 22.7 Å². The summed E-state index contributed by atoms with van der Waals surface area (Å²) in [7, 11) is 0. The molecule has 5 heteroatoms. The van der Waals surface area contributed by atoms with Gasteiger partial charge < -0.3 is 13.7 Å². The van der Waals surface area contributed by atoms with Crippen LogP contribution >= 0.6 is 0 Å². The predicted octanol–water partition coefficient (Wildman–Crippen LogP) is 12.4. The van der Waals surface area contributed by atoms with Crippen LogP contribution in [-0.4, -0.2) is 13.7 Å². The van der Waals surface area contributed by atoms with Crippen molar-refractivity contribution in [1.29, 1.82) is 10.5 Å². The first-order valence-corrected chi connectivity index (χ1v) is 18.3. The van der Waals surface area contributed by atoms with Crippen molar-refractivity contribution in [3.8, 4) is 40.3 Å². The number of fused-ring (bicyclic) bond motifs is 9. The largest absolute Gasteiger partial charge is 0.309 e. The number of rotatable bonds is 4. The van der Waals surface area contributed by atoms with Crippen LogP contribution in [0.3, 0.4) is 0 Å². The van der Waals surface area contributed by atoms with Crippen molar-refractivity contribution in [1.82, 2.24) is 13.7 Å². The van der Waals surface area contributed by atoms with Gasteiger partial charge in [-0.2, -0.15) is 10.5 Å². The van der Waals surface area contributed by atoms with Gasteiger partial charge >= 0.3 is 0 Å². The van der Waals surface area contributed by atoms with E-state index in [-0.39, 0.29) is 0 Å². The zero-order valence-electron chi connectivity index (χ0n) is 29.5. The maximum Gasteiger partial charge on any atom is 0.0998 e. The fourth-order valence-corrected chi connectivity index (χ4v) is 8.78. The van der Waals surface area contributed by atoms with Gasteiger partial charge in [0, 0.05) is 49.3 Å². The van der Waals surface area contributed by atoms with E-state index in [1.165, 1.54) is 21.8 Å². The molecule has 55 heavy (non-hydrogen) atoms. The summed E-state index contributed by atoms with van der Waals surface area (Å²) in [5.41, 5.74) is 12.6. The SMILES string of the molecule is N#Cc1ccc2c3ccccc3n(-c3ccc(-c4c(C#N)cccc4-n4c5ccccc5c5cc(-n6c7ccccc7c7ccccc76)ccc54)cc3)c2c1. The van der Waals surface area contributed by atoms with Gasteiger partial charge in [0.05, 0.1) is 62.1 Å². The summed E-state index contributed by atoms with van der Waals surface area (Å²) in [6.45, 7) is 0. The Kier molecular flexibility index (Phi) is 6.61. The number of hydrogen-bond acceptors (Lipinski definition) is 2. The average Bonchev–Trinajstić information content (AvgIpc) is 3.88. The van der Waals surface area contributed by atoms with Gasteiger partial charge in [-0.3, -0.25) is 0 Å². The molecule has 11 rings (SSSR count). The third-order valence-corrected chi connectivity index (χ3v) is 11.1. The van der Waals surface area contributed by atoms with Crippen LogP contribution in [0.4, 0.5) is 0 Å². The lowest BCUT2D eigenvalue weighted by molar-refractivity contribution is 1.16. The molecule has 0 atom stereocenters. The molecule has 0 spiro atoms. The van der Waals surface area contributed by atoms with Gasteiger partial charge in [0.2, 0.25) is 0 Å². The van der Waals surface area contributed by atoms with Crippen LogP contribution in [0.1, 0.15) is 11.1 Å². The molecule has 0 amide bonds. The molecule has 0 aliphatic heterocycles. The van der Waals surface area contributed by atoms with E-state index in [9.17, 15) is 10.5 Å². The summed E-state index contributed by atoms with van der Waals surface area (Å²) in [6, 6.07) is 65.9.